The van der Waals surface area contributed by atoms with Crippen LogP contribution in [-0.4, -0.2) is 7.11 Å². The Bertz CT molecular complexity index is 272. The summed E-state index contributed by atoms with van der Waals surface area (Å²) < 4.78 is 36.2. The molecule has 1 N–H and O–H groups in total. The van der Waals surface area contributed by atoms with E-state index in [4.69, 9.17) is 0 Å². The van der Waals surface area contributed by atoms with Crippen LogP contribution in [0.1, 0.15) is 0 Å². The summed E-state index contributed by atoms with van der Waals surface area (Å²) >= 11 is -6.05. The predicted molar refractivity (Wildman–Crippen MR) is 53.1 cm³/mol. The van der Waals surface area contributed by atoms with Gasteiger partial charge in [-0.25, -0.2) is 0 Å². The standard InChI is InChI=1S/C7H8F3INO/c1-13-12-7-4-2-6(3-5-7)11(8,9)10/h2-5,12H,1H3. The van der Waals surface area contributed by atoms with Crippen molar-refractivity contribution in [2.75, 3.05) is 12.6 Å². The minimum absolute atomic E-state index is 0.492. The van der Waals surface area contributed by atoms with Crippen LogP contribution in [0, 0.1) is 3.57 Å². The Kier molecular flexibility index (Phi) is 3.37. The Balaban J connectivity index is 2.81. The third kappa shape index (κ3) is 3.03. The summed E-state index contributed by atoms with van der Waals surface area (Å²) in [5, 5.41) is 0. The molecule has 0 amide bonds. The van der Waals surface area contributed by atoms with Crippen molar-refractivity contribution in [2.45, 2.75) is 0 Å². The number of benzene rings is 1. The molecule has 0 aromatic heterocycles. The summed E-state index contributed by atoms with van der Waals surface area (Å²) in [6, 6.07) is 4.82. The van der Waals surface area contributed by atoms with Crippen molar-refractivity contribution in [2.24, 2.45) is 0 Å². The summed E-state index contributed by atoms with van der Waals surface area (Å²) in [4.78, 5) is 4.54. The number of anilines is 1. The molecule has 0 saturated heterocycles. The molecular weight excluding hydrogens is 298 g/mol. The zero-order chi connectivity index (χ0) is 9.90. The molecule has 13 heavy (non-hydrogen) atoms. The van der Waals surface area contributed by atoms with Gasteiger partial charge in [0.25, 0.3) is 0 Å². The Morgan fingerprint density at radius 3 is 2.08 bits per heavy atom. The minimum atomic E-state index is -6.05. The second kappa shape index (κ2) is 4.14. The van der Waals surface area contributed by atoms with E-state index in [2.05, 4.69) is 10.3 Å². The Labute approximate surface area is 79.9 Å². The molecule has 0 heterocycles. The fraction of sp³-hybridized carbons (Fsp3) is 0.143. The van der Waals surface area contributed by atoms with E-state index >= 15 is 0 Å². The van der Waals surface area contributed by atoms with Gasteiger partial charge in [-0.2, -0.15) is 0 Å². The maximum absolute atomic E-state index is 12.2. The molecule has 1 radical (unpaired) electrons. The third-order valence-electron chi connectivity index (χ3n) is 1.31. The van der Waals surface area contributed by atoms with Gasteiger partial charge in [-0.1, -0.05) is 0 Å². The van der Waals surface area contributed by atoms with Crippen molar-refractivity contribution in [3.05, 3.63) is 27.8 Å². The molecule has 0 aliphatic heterocycles. The first-order chi connectivity index (χ1) is 6.04. The normalized spacial score (nSPS) is 12.6. The van der Waals surface area contributed by atoms with Crippen LogP contribution in [0.25, 0.3) is 0 Å². The first-order valence-electron chi connectivity index (χ1n) is 3.30. The van der Waals surface area contributed by atoms with E-state index < -0.39 is 23.7 Å². The van der Waals surface area contributed by atoms with Crippen molar-refractivity contribution in [1.82, 2.24) is 0 Å². The van der Waals surface area contributed by atoms with Gasteiger partial charge < -0.3 is 0 Å². The quantitative estimate of drug-likeness (QED) is 0.681. The summed E-state index contributed by atoms with van der Waals surface area (Å²) in [7, 11) is 1.40. The van der Waals surface area contributed by atoms with E-state index in [0.29, 0.717) is 5.69 Å². The molecule has 0 atom stereocenters. The molecular formula is C7H8F3INO. The van der Waals surface area contributed by atoms with E-state index in [1.165, 1.54) is 19.2 Å². The molecule has 0 aliphatic rings. The Hall–Kier alpha value is -0.500. The van der Waals surface area contributed by atoms with E-state index in [0.717, 1.165) is 12.1 Å². The molecule has 0 unspecified atom stereocenters. The van der Waals surface area contributed by atoms with E-state index in [1.807, 2.05) is 0 Å². The van der Waals surface area contributed by atoms with Crippen molar-refractivity contribution in [3.8, 4) is 0 Å². The van der Waals surface area contributed by atoms with E-state index in [1.54, 1.807) is 0 Å². The fourth-order valence-electron chi connectivity index (χ4n) is 0.779. The van der Waals surface area contributed by atoms with Crippen LogP contribution in [0.3, 0.4) is 0 Å². The first-order valence-corrected chi connectivity index (χ1v) is 6.83. The van der Waals surface area contributed by atoms with Gasteiger partial charge in [-0.05, 0) is 0 Å². The van der Waals surface area contributed by atoms with Crippen molar-refractivity contribution in [3.63, 3.8) is 0 Å². The zero-order valence-corrected chi connectivity index (χ0v) is 8.89. The van der Waals surface area contributed by atoms with Gasteiger partial charge in [0.1, 0.15) is 0 Å². The van der Waals surface area contributed by atoms with E-state index in [9.17, 15) is 8.58 Å². The molecule has 0 spiro atoms. The van der Waals surface area contributed by atoms with Gasteiger partial charge in [0.2, 0.25) is 0 Å². The molecule has 6 heteroatoms. The van der Waals surface area contributed by atoms with Crippen LogP contribution >= 0.6 is 20.2 Å². The van der Waals surface area contributed by atoms with Gasteiger partial charge >= 0.3 is 79.7 Å². The van der Waals surface area contributed by atoms with Gasteiger partial charge in [0.05, 0.1) is 0 Å². The monoisotopic (exact) mass is 306 g/mol. The van der Waals surface area contributed by atoms with Gasteiger partial charge in [-0.15, -0.1) is 0 Å². The molecule has 75 valence electrons. The molecule has 0 saturated carbocycles. The van der Waals surface area contributed by atoms with E-state index in [-0.39, 0.29) is 0 Å². The molecule has 0 bridgehead atoms. The number of nitrogens with one attached hydrogen (secondary N) is 1. The number of hydrogen-bond acceptors (Lipinski definition) is 2. The van der Waals surface area contributed by atoms with Gasteiger partial charge in [0, 0.05) is 0 Å². The van der Waals surface area contributed by atoms with Crippen LogP contribution < -0.4 is 5.48 Å². The molecule has 1 aromatic rings. The average molecular weight is 306 g/mol. The van der Waals surface area contributed by atoms with Gasteiger partial charge in [-0.3, -0.25) is 0 Å². The molecule has 1 rings (SSSR count). The SMILES string of the molecule is CONc1ccc([I](F)(F)F)cc1. The van der Waals surface area contributed by atoms with Gasteiger partial charge in [0.15, 0.2) is 0 Å². The van der Waals surface area contributed by atoms with Crippen LogP contribution in [0.15, 0.2) is 24.3 Å². The van der Waals surface area contributed by atoms with Crippen molar-refractivity contribution >= 4 is 25.8 Å². The second-order valence-corrected chi connectivity index (χ2v) is 5.58. The Morgan fingerprint density at radius 2 is 1.69 bits per heavy atom. The van der Waals surface area contributed by atoms with Crippen LogP contribution in [0.5, 0.6) is 0 Å². The zero-order valence-electron chi connectivity index (χ0n) is 6.73. The van der Waals surface area contributed by atoms with Crippen molar-refractivity contribution in [1.29, 1.82) is 0 Å². The molecule has 0 fully saturated rings. The first kappa shape index (κ1) is 10.6. The van der Waals surface area contributed by atoms with Crippen LogP contribution in [0.2, 0.25) is 0 Å². The summed E-state index contributed by atoms with van der Waals surface area (Å²) in [6.07, 6.45) is 0. The maximum atomic E-state index is 12.2. The molecule has 1 aromatic carbocycles. The summed E-state index contributed by atoms with van der Waals surface area (Å²) in [5.74, 6) is 0. The van der Waals surface area contributed by atoms with Crippen molar-refractivity contribution < 1.29 is 13.4 Å². The number of halogens is 4. The molecule has 0 aliphatic carbocycles. The average Bonchev–Trinajstić information content (AvgIpc) is 2.04. The number of hydrogen-bond donors (Lipinski definition) is 1. The molecule has 2 nitrogen and oxygen atoms in total. The third-order valence-corrected chi connectivity index (χ3v) is 3.44. The van der Waals surface area contributed by atoms with Crippen LogP contribution in [0.4, 0.5) is 14.3 Å². The topological polar surface area (TPSA) is 21.3 Å². The van der Waals surface area contributed by atoms with Crippen LogP contribution in [-0.2, 0) is 4.84 Å². The summed E-state index contributed by atoms with van der Waals surface area (Å²) in [5.41, 5.74) is 2.95. The summed E-state index contributed by atoms with van der Waals surface area (Å²) in [6.45, 7) is 0. The fourth-order valence-corrected chi connectivity index (χ4v) is 1.95. The predicted octanol–water partition coefficient (Wildman–Crippen LogP) is 3.53. The number of rotatable bonds is 3. The second-order valence-electron chi connectivity index (χ2n) is 2.19. The Morgan fingerprint density at radius 1 is 1.15 bits per heavy atom.